The van der Waals surface area contributed by atoms with Crippen molar-refractivity contribution in [3.63, 3.8) is 0 Å². The van der Waals surface area contributed by atoms with Crippen LogP contribution in [0.2, 0.25) is 5.02 Å². The molecule has 106 valence electrons. The molecule has 0 aromatic heterocycles. The van der Waals surface area contributed by atoms with Crippen LogP contribution < -0.4 is 10.1 Å². The van der Waals surface area contributed by atoms with E-state index in [4.69, 9.17) is 16.3 Å². The van der Waals surface area contributed by atoms with E-state index in [0.29, 0.717) is 24.4 Å². The van der Waals surface area contributed by atoms with Gasteiger partial charge in [-0.3, -0.25) is 0 Å². The highest BCUT2D eigenvalue weighted by Gasteiger charge is 2.04. The molecule has 0 radical (unpaired) electrons. The van der Waals surface area contributed by atoms with Crippen molar-refractivity contribution in [2.24, 2.45) is 0 Å². The smallest absolute Gasteiger partial charge is 0.141 e. The summed E-state index contributed by atoms with van der Waals surface area (Å²) in [5.41, 5.74) is 1.38. The van der Waals surface area contributed by atoms with E-state index >= 15 is 0 Å². The second kappa shape index (κ2) is 6.68. The van der Waals surface area contributed by atoms with Crippen LogP contribution in [0.3, 0.4) is 0 Å². The Balaban J connectivity index is 1.94. The van der Waals surface area contributed by atoms with Crippen molar-refractivity contribution in [3.05, 3.63) is 64.2 Å². The van der Waals surface area contributed by atoms with E-state index in [1.807, 2.05) is 0 Å². The van der Waals surface area contributed by atoms with Crippen molar-refractivity contribution in [1.29, 1.82) is 0 Å². The lowest BCUT2D eigenvalue weighted by atomic mass is 10.2. The number of halogens is 3. The molecule has 20 heavy (non-hydrogen) atoms. The zero-order chi connectivity index (χ0) is 14.5. The standard InChI is InChI=1S/C15H14ClF2NO/c1-20-12-4-3-11(15(18)7-12)9-19-8-10-2-5-14(17)13(16)6-10/h2-7,19H,8-9H2,1H3. The molecule has 2 aromatic carbocycles. The van der Waals surface area contributed by atoms with Gasteiger partial charge in [0, 0.05) is 24.7 Å². The number of hydrogen-bond acceptors (Lipinski definition) is 2. The van der Waals surface area contributed by atoms with Gasteiger partial charge in [0.25, 0.3) is 0 Å². The highest BCUT2D eigenvalue weighted by molar-refractivity contribution is 6.30. The minimum atomic E-state index is -0.448. The number of rotatable bonds is 5. The van der Waals surface area contributed by atoms with Crippen molar-refractivity contribution in [2.75, 3.05) is 7.11 Å². The van der Waals surface area contributed by atoms with Crippen LogP contribution in [-0.2, 0) is 13.1 Å². The normalized spacial score (nSPS) is 10.6. The maximum Gasteiger partial charge on any atom is 0.141 e. The molecule has 0 bridgehead atoms. The molecule has 5 heteroatoms. The van der Waals surface area contributed by atoms with Crippen molar-refractivity contribution < 1.29 is 13.5 Å². The van der Waals surface area contributed by atoms with E-state index in [2.05, 4.69) is 5.32 Å². The van der Waals surface area contributed by atoms with Crippen LogP contribution in [0.15, 0.2) is 36.4 Å². The number of nitrogens with one attached hydrogen (secondary N) is 1. The lowest BCUT2D eigenvalue weighted by Gasteiger charge is -2.08. The first-order valence-electron chi connectivity index (χ1n) is 6.07. The quantitative estimate of drug-likeness (QED) is 0.903. The monoisotopic (exact) mass is 297 g/mol. The second-order valence-corrected chi connectivity index (χ2v) is 4.72. The van der Waals surface area contributed by atoms with Crippen LogP contribution in [0.1, 0.15) is 11.1 Å². The zero-order valence-corrected chi connectivity index (χ0v) is 11.7. The van der Waals surface area contributed by atoms with Gasteiger partial charge >= 0.3 is 0 Å². The Labute approximate surface area is 121 Å². The third-order valence-corrected chi connectivity index (χ3v) is 3.18. The lowest BCUT2D eigenvalue weighted by Crippen LogP contribution is -2.13. The number of benzene rings is 2. The highest BCUT2D eigenvalue weighted by Crippen LogP contribution is 2.17. The van der Waals surface area contributed by atoms with Gasteiger partial charge in [0.2, 0.25) is 0 Å². The molecule has 1 N–H and O–H groups in total. The van der Waals surface area contributed by atoms with E-state index in [9.17, 15) is 8.78 Å². The summed E-state index contributed by atoms with van der Waals surface area (Å²) >= 11 is 5.69. The van der Waals surface area contributed by atoms with Crippen LogP contribution >= 0.6 is 11.6 Å². The van der Waals surface area contributed by atoms with E-state index in [1.54, 1.807) is 24.3 Å². The molecule has 0 saturated carbocycles. The summed E-state index contributed by atoms with van der Waals surface area (Å²) in [4.78, 5) is 0. The first-order valence-corrected chi connectivity index (χ1v) is 6.45. The Morgan fingerprint density at radius 1 is 1.05 bits per heavy atom. The molecule has 0 unspecified atom stereocenters. The molecule has 0 aliphatic carbocycles. The molecule has 0 saturated heterocycles. The highest BCUT2D eigenvalue weighted by atomic mass is 35.5. The van der Waals surface area contributed by atoms with Crippen LogP contribution in [-0.4, -0.2) is 7.11 Å². The molecule has 0 aliphatic heterocycles. The van der Waals surface area contributed by atoms with Crippen molar-refractivity contribution >= 4 is 11.6 Å². The fraction of sp³-hybridized carbons (Fsp3) is 0.200. The second-order valence-electron chi connectivity index (χ2n) is 4.31. The van der Waals surface area contributed by atoms with Gasteiger partial charge in [0.1, 0.15) is 17.4 Å². The topological polar surface area (TPSA) is 21.3 Å². The molecule has 0 aliphatic rings. The van der Waals surface area contributed by atoms with Crippen LogP contribution in [0.4, 0.5) is 8.78 Å². The SMILES string of the molecule is COc1ccc(CNCc2ccc(F)c(Cl)c2)c(F)c1. The largest absolute Gasteiger partial charge is 0.497 e. The predicted octanol–water partition coefficient (Wildman–Crippen LogP) is 3.92. The van der Waals surface area contributed by atoms with Gasteiger partial charge in [0.05, 0.1) is 12.1 Å². The van der Waals surface area contributed by atoms with Gasteiger partial charge in [-0.05, 0) is 23.8 Å². The Bertz CT molecular complexity index is 604. The Hall–Kier alpha value is -1.65. The Morgan fingerprint density at radius 2 is 1.85 bits per heavy atom. The molecule has 2 aromatic rings. The first-order chi connectivity index (χ1) is 9.60. The number of ether oxygens (including phenoxy) is 1. The zero-order valence-electron chi connectivity index (χ0n) is 10.9. The van der Waals surface area contributed by atoms with E-state index in [0.717, 1.165) is 5.56 Å². The van der Waals surface area contributed by atoms with Crippen molar-refractivity contribution in [1.82, 2.24) is 5.32 Å². The maximum atomic E-state index is 13.7. The van der Waals surface area contributed by atoms with Gasteiger partial charge in [-0.15, -0.1) is 0 Å². The summed E-state index contributed by atoms with van der Waals surface area (Å²) in [5.74, 6) is -0.290. The van der Waals surface area contributed by atoms with E-state index in [1.165, 1.54) is 19.2 Å². The van der Waals surface area contributed by atoms with Gasteiger partial charge in [-0.25, -0.2) is 8.78 Å². The summed E-state index contributed by atoms with van der Waals surface area (Å²) in [5, 5.41) is 3.16. The average molecular weight is 298 g/mol. The average Bonchev–Trinajstić information content (AvgIpc) is 2.44. The summed E-state index contributed by atoms with van der Waals surface area (Å²) in [7, 11) is 1.49. The number of hydrogen-bond donors (Lipinski definition) is 1. The lowest BCUT2D eigenvalue weighted by molar-refractivity contribution is 0.410. The van der Waals surface area contributed by atoms with Crippen molar-refractivity contribution in [3.8, 4) is 5.75 Å². The number of methoxy groups -OCH3 is 1. The molecule has 2 rings (SSSR count). The third-order valence-electron chi connectivity index (χ3n) is 2.89. The molecule has 0 atom stereocenters. The fourth-order valence-electron chi connectivity index (χ4n) is 1.79. The summed E-state index contributed by atoms with van der Waals surface area (Å²) in [6.45, 7) is 0.844. The Morgan fingerprint density at radius 3 is 2.50 bits per heavy atom. The molecule has 0 heterocycles. The van der Waals surface area contributed by atoms with E-state index < -0.39 is 5.82 Å². The third kappa shape index (κ3) is 3.68. The van der Waals surface area contributed by atoms with Crippen LogP contribution in [0.25, 0.3) is 0 Å². The Kier molecular flexibility index (Phi) is 4.93. The molecule has 0 spiro atoms. The minimum absolute atomic E-state index is 0.0833. The summed E-state index contributed by atoms with van der Waals surface area (Å²) in [6, 6.07) is 9.21. The molecular formula is C15H14ClF2NO. The molecule has 0 amide bonds. The summed E-state index contributed by atoms with van der Waals surface area (Å²) in [6.07, 6.45) is 0. The van der Waals surface area contributed by atoms with Gasteiger partial charge in [-0.2, -0.15) is 0 Å². The maximum absolute atomic E-state index is 13.7. The van der Waals surface area contributed by atoms with Crippen LogP contribution in [0, 0.1) is 11.6 Å². The van der Waals surface area contributed by atoms with Crippen molar-refractivity contribution in [2.45, 2.75) is 13.1 Å². The predicted molar refractivity (Wildman–Crippen MR) is 74.9 cm³/mol. The minimum Gasteiger partial charge on any atom is -0.497 e. The van der Waals surface area contributed by atoms with Gasteiger partial charge in [0.15, 0.2) is 0 Å². The fourth-order valence-corrected chi connectivity index (χ4v) is 1.99. The van der Waals surface area contributed by atoms with Crippen LogP contribution in [0.5, 0.6) is 5.75 Å². The van der Waals surface area contributed by atoms with E-state index in [-0.39, 0.29) is 10.8 Å². The summed E-state index contributed by atoms with van der Waals surface area (Å²) < 4.78 is 31.6. The van der Waals surface area contributed by atoms with Gasteiger partial charge in [-0.1, -0.05) is 23.7 Å². The first kappa shape index (κ1) is 14.8. The molecule has 2 nitrogen and oxygen atoms in total. The molecule has 0 fully saturated rings. The van der Waals surface area contributed by atoms with Gasteiger partial charge < -0.3 is 10.1 Å². The molecular weight excluding hydrogens is 284 g/mol.